The van der Waals surface area contributed by atoms with Crippen molar-refractivity contribution in [2.75, 3.05) is 46.3 Å². The van der Waals surface area contributed by atoms with E-state index in [0.717, 1.165) is 63.8 Å². The molecule has 222 valence electrons. The number of carboxylic acid groups (broad SMARTS) is 1. The van der Waals surface area contributed by atoms with Crippen molar-refractivity contribution in [1.29, 1.82) is 0 Å². The Balaban J connectivity index is 1.43. The van der Waals surface area contributed by atoms with E-state index in [1.54, 1.807) is 11.0 Å². The lowest BCUT2D eigenvalue weighted by Gasteiger charge is -2.50. The minimum absolute atomic E-state index is 0.0282. The molecule has 2 N–H and O–H groups in total. The molecule has 0 spiro atoms. The largest absolute Gasteiger partial charge is 0.465 e. The summed E-state index contributed by atoms with van der Waals surface area (Å²) in [6.07, 6.45) is 4.50. The summed E-state index contributed by atoms with van der Waals surface area (Å²) in [5.74, 6) is 0.211. The SMILES string of the molecule is CN(C[C@@H](CCN1CCC(CCNC(=O)O)(N2CCCCC2=O)CC1)c1ccc(Cl)c(Cl)c1)C(=O)c1ccccc1. The summed E-state index contributed by atoms with van der Waals surface area (Å²) < 4.78 is 0. The van der Waals surface area contributed by atoms with Crippen LogP contribution in [0.5, 0.6) is 0 Å². The van der Waals surface area contributed by atoms with E-state index in [9.17, 15) is 14.4 Å². The van der Waals surface area contributed by atoms with Crippen LogP contribution in [0.2, 0.25) is 10.0 Å². The van der Waals surface area contributed by atoms with Gasteiger partial charge in [-0.1, -0.05) is 47.5 Å². The smallest absolute Gasteiger partial charge is 0.404 e. The van der Waals surface area contributed by atoms with Crippen molar-refractivity contribution in [1.82, 2.24) is 20.0 Å². The highest BCUT2D eigenvalue weighted by Gasteiger charge is 2.42. The summed E-state index contributed by atoms with van der Waals surface area (Å²) >= 11 is 12.6. The lowest BCUT2D eigenvalue weighted by Crippen LogP contribution is -2.59. The molecule has 0 radical (unpaired) electrons. The number of likely N-dealkylation sites (N-methyl/N-ethyl adjacent to an activating group) is 1. The van der Waals surface area contributed by atoms with Crippen molar-refractivity contribution in [2.45, 2.75) is 56.4 Å². The standard InChI is InChI=1S/C31H40Cl2N4O4/c1-35(29(39)23-7-3-2-4-8-23)22-25(24-10-11-26(32)27(33)21-24)12-18-36-19-14-31(15-20-36,13-16-34-30(40)41)37-17-6-5-9-28(37)38/h2-4,7-8,10-11,21,25,34H,5-6,9,12-20,22H2,1H3,(H,40,41)/t25-/m1/s1. The van der Waals surface area contributed by atoms with Gasteiger partial charge in [0.1, 0.15) is 0 Å². The normalized spacial score (nSPS) is 18.1. The monoisotopic (exact) mass is 602 g/mol. The molecule has 2 aliphatic rings. The van der Waals surface area contributed by atoms with Crippen LogP contribution in [-0.4, -0.2) is 89.6 Å². The molecule has 2 aliphatic heterocycles. The first-order valence-electron chi connectivity index (χ1n) is 14.4. The number of likely N-dealkylation sites (tertiary alicyclic amines) is 2. The first-order valence-corrected chi connectivity index (χ1v) is 15.2. The van der Waals surface area contributed by atoms with Gasteiger partial charge in [0.05, 0.1) is 10.0 Å². The van der Waals surface area contributed by atoms with E-state index in [1.807, 2.05) is 54.4 Å². The van der Waals surface area contributed by atoms with Crippen molar-refractivity contribution >= 4 is 41.1 Å². The Kier molecular flexibility index (Phi) is 10.9. The summed E-state index contributed by atoms with van der Waals surface area (Å²) in [7, 11) is 1.83. The molecule has 2 saturated heterocycles. The average molecular weight is 604 g/mol. The Labute approximate surface area is 252 Å². The fraction of sp³-hybridized carbons (Fsp3) is 0.516. The summed E-state index contributed by atoms with van der Waals surface area (Å²) in [5, 5.41) is 12.6. The molecule has 3 amide bonds. The van der Waals surface area contributed by atoms with Gasteiger partial charge in [-0.05, 0) is 74.9 Å². The van der Waals surface area contributed by atoms with Crippen molar-refractivity contribution in [3.8, 4) is 0 Å². The lowest BCUT2D eigenvalue weighted by molar-refractivity contribution is -0.143. The van der Waals surface area contributed by atoms with Gasteiger partial charge in [-0.2, -0.15) is 0 Å². The molecule has 1 atom stereocenters. The van der Waals surface area contributed by atoms with E-state index < -0.39 is 6.09 Å². The Hall–Kier alpha value is -2.81. The van der Waals surface area contributed by atoms with Gasteiger partial charge in [0, 0.05) is 63.2 Å². The van der Waals surface area contributed by atoms with Gasteiger partial charge < -0.3 is 25.1 Å². The van der Waals surface area contributed by atoms with Crippen LogP contribution in [0.15, 0.2) is 48.5 Å². The number of rotatable bonds is 11. The van der Waals surface area contributed by atoms with Crippen LogP contribution < -0.4 is 5.32 Å². The van der Waals surface area contributed by atoms with Crippen LogP contribution in [-0.2, 0) is 4.79 Å². The Morgan fingerprint density at radius 3 is 2.44 bits per heavy atom. The van der Waals surface area contributed by atoms with Crippen LogP contribution in [0.1, 0.15) is 66.8 Å². The van der Waals surface area contributed by atoms with Gasteiger partial charge in [0.15, 0.2) is 0 Å². The number of amides is 3. The van der Waals surface area contributed by atoms with Gasteiger partial charge in [-0.15, -0.1) is 0 Å². The summed E-state index contributed by atoms with van der Waals surface area (Å²) in [4.78, 5) is 43.3. The molecule has 2 fully saturated rings. The van der Waals surface area contributed by atoms with Crippen LogP contribution >= 0.6 is 23.2 Å². The van der Waals surface area contributed by atoms with Gasteiger partial charge in [0.25, 0.3) is 5.91 Å². The van der Waals surface area contributed by atoms with E-state index >= 15 is 0 Å². The summed E-state index contributed by atoms with van der Waals surface area (Å²) in [6, 6.07) is 15.0. The van der Waals surface area contributed by atoms with E-state index in [-0.39, 0.29) is 23.3 Å². The predicted molar refractivity (Wildman–Crippen MR) is 162 cm³/mol. The maximum atomic E-state index is 13.1. The number of hydrogen-bond acceptors (Lipinski definition) is 4. The summed E-state index contributed by atoms with van der Waals surface area (Å²) in [6.45, 7) is 4.09. The molecule has 2 heterocycles. The van der Waals surface area contributed by atoms with Gasteiger partial charge in [-0.3, -0.25) is 9.59 Å². The van der Waals surface area contributed by atoms with E-state index in [4.69, 9.17) is 28.3 Å². The molecule has 8 nitrogen and oxygen atoms in total. The maximum absolute atomic E-state index is 13.1. The first kappa shape index (κ1) is 31.1. The molecule has 4 rings (SSSR count). The Morgan fingerprint density at radius 2 is 1.78 bits per heavy atom. The number of halogens is 2. The number of carbonyl (C=O) groups is 3. The van der Waals surface area contributed by atoms with Gasteiger partial charge >= 0.3 is 6.09 Å². The fourth-order valence-electron chi connectivity index (χ4n) is 6.24. The Morgan fingerprint density at radius 1 is 1.05 bits per heavy atom. The molecule has 10 heteroatoms. The Bertz CT molecular complexity index is 1200. The van der Waals surface area contributed by atoms with Gasteiger partial charge in [-0.25, -0.2) is 4.79 Å². The lowest BCUT2D eigenvalue weighted by atomic mass is 9.81. The molecular formula is C31H40Cl2N4O4. The van der Waals surface area contributed by atoms with Crippen molar-refractivity contribution < 1.29 is 19.5 Å². The van der Waals surface area contributed by atoms with Crippen LogP contribution in [0, 0.1) is 0 Å². The molecular weight excluding hydrogens is 563 g/mol. The molecule has 0 aromatic heterocycles. The molecule has 0 bridgehead atoms. The third kappa shape index (κ3) is 8.15. The molecule has 2 aromatic carbocycles. The van der Waals surface area contributed by atoms with E-state index in [1.165, 1.54) is 0 Å². The van der Waals surface area contributed by atoms with Crippen molar-refractivity contribution in [2.24, 2.45) is 0 Å². The molecule has 0 saturated carbocycles. The van der Waals surface area contributed by atoms with Gasteiger partial charge in [0.2, 0.25) is 5.91 Å². The number of piperidine rings is 2. The van der Waals surface area contributed by atoms with E-state index in [2.05, 4.69) is 10.2 Å². The predicted octanol–water partition coefficient (Wildman–Crippen LogP) is 5.74. The quantitative estimate of drug-likeness (QED) is 0.342. The molecule has 2 aromatic rings. The topological polar surface area (TPSA) is 93.2 Å². The maximum Gasteiger partial charge on any atom is 0.404 e. The average Bonchev–Trinajstić information content (AvgIpc) is 2.97. The molecule has 41 heavy (non-hydrogen) atoms. The molecule has 0 aliphatic carbocycles. The third-order valence-corrected chi connectivity index (χ3v) is 9.36. The number of nitrogens with one attached hydrogen (secondary N) is 1. The zero-order chi connectivity index (χ0) is 29.4. The highest BCUT2D eigenvalue weighted by molar-refractivity contribution is 6.42. The number of benzene rings is 2. The second-order valence-corrected chi connectivity index (χ2v) is 12.1. The second-order valence-electron chi connectivity index (χ2n) is 11.3. The minimum Gasteiger partial charge on any atom is -0.465 e. The zero-order valence-electron chi connectivity index (χ0n) is 23.7. The fourth-order valence-corrected chi connectivity index (χ4v) is 6.55. The van der Waals surface area contributed by atoms with Crippen LogP contribution in [0.4, 0.5) is 4.79 Å². The number of nitrogens with zero attached hydrogens (tertiary/aromatic N) is 3. The van der Waals surface area contributed by atoms with Crippen molar-refractivity contribution in [3.63, 3.8) is 0 Å². The van der Waals surface area contributed by atoms with Crippen LogP contribution in [0.3, 0.4) is 0 Å². The number of carbonyl (C=O) groups excluding carboxylic acids is 2. The zero-order valence-corrected chi connectivity index (χ0v) is 25.2. The highest BCUT2D eigenvalue weighted by atomic mass is 35.5. The summed E-state index contributed by atoms with van der Waals surface area (Å²) in [5.41, 5.74) is 1.37. The third-order valence-electron chi connectivity index (χ3n) is 8.62. The van der Waals surface area contributed by atoms with E-state index in [0.29, 0.717) is 41.5 Å². The highest BCUT2D eigenvalue weighted by Crippen LogP contribution is 2.36. The van der Waals surface area contributed by atoms with Crippen molar-refractivity contribution in [3.05, 3.63) is 69.7 Å². The molecule has 0 unspecified atom stereocenters. The minimum atomic E-state index is -1.04. The first-order chi connectivity index (χ1) is 19.7. The van der Waals surface area contributed by atoms with Crippen LogP contribution in [0.25, 0.3) is 0 Å². The second kappa shape index (κ2) is 14.4. The number of hydrogen-bond donors (Lipinski definition) is 2.